The summed E-state index contributed by atoms with van der Waals surface area (Å²) in [6.07, 6.45) is 0. The van der Waals surface area contributed by atoms with E-state index in [4.69, 9.17) is 5.11 Å². The Morgan fingerprint density at radius 2 is 2.00 bits per heavy atom. The van der Waals surface area contributed by atoms with E-state index in [1.807, 2.05) is 38.1 Å². The maximum Gasteiger partial charge on any atom is 0.324 e. The number of carboxylic acids is 1. The van der Waals surface area contributed by atoms with Gasteiger partial charge in [-0.05, 0) is 31.5 Å². The molecule has 1 rings (SSSR count). The summed E-state index contributed by atoms with van der Waals surface area (Å²) in [5.74, 6) is -1.02. The second-order valence-corrected chi connectivity index (χ2v) is 4.12. The lowest BCUT2D eigenvalue weighted by Crippen LogP contribution is -2.43. The molecule has 0 heterocycles. The van der Waals surface area contributed by atoms with Crippen molar-refractivity contribution in [2.24, 2.45) is 0 Å². The number of carbonyl (C=O) groups excluding carboxylic acids is 1. The molecule has 18 heavy (non-hydrogen) atoms. The Hall–Kier alpha value is -2.04. The summed E-state index contributed by atoms with van der Waals surface area (Å²) < 4.78 is 0. The minimum atomic E-state index is -1.02. The van der Waals surface area contributed by atoms with Crippen LogP contribution in [-0.4, -0.2) is 42.1 Å². The van der Waals surface area contributed by atoms with Gasteiger partial charge in [0.15, 0.2) is 0 Å². The Labute approximate surface area is 107 Å². The third kappa shape index (κ3) is 3.48. The van der Waals surface area contributed by atoms with Crippen molar-refractivity contribution in [3.05, 3.63) is 29.8 Å². The lowest BCUT2D eigenvalue weighted by molar-refractivity contribution is -0.137. The third-order valence-electron chi connectivity index (χ3n) is 2.56. The van der Waals surface area contributed by atoms with Crippen LogP contribution in [0.5, 0.6) is 0 Å². The summed E-state index contributed by atoms with van der Waals surface area (Å²) in [5.41, 5.74) is 1.83. The smallest absolute Gasteiger partial charge is 0.324 e. The number of aryl methyl sites for hydroxylation is 1. The van der Waals surface area contributed by atoms with Gasteiger partial charge in [-0.15, -0.1) is 0 Å². The van der Waals surface area contributed by atoms with Gasteiger partial charge in [0, 0.05) is 19.3 Å². The number of rotatable bonds is 4. The molecule has 0 bridgehead atoms. The zero-order valence-electron chi connectivity index (χ0n) is 10.9. The minimum Gasteiger partial charge on any atom is -0.480 e. The highest BCUT2D eigenvalue weighted by molar-refractivity contribution is 5.93. The topological polar surface area (TPSA) is 60.9 Å². The third-order valence-corrected chi connectivity index (χ3v) is 2.56. The standard InChI is InChI=1S/C13H18N2O3/c1-4-15(11-7-5-6-10(2)8-11)13(18)14(3)9-12(16)17/h5-8H,4,9H2,1-3H3,(H,16,17). The fourth-order valence-corrected chi connectivity index (χ4v) is 1.70. The van der Waals surface area contributed by atoms with E-state index in [1.165, 1.54) is 11.9 Å². The van der Waals surface area contributed by atoms with Crippen molar-refractivity contribution in [2.45, 2.75) is 13.8 Å². The maximum atomic E-state index is 12.1. The van der Waals surface area contributed by atoms with Crippen LogP contribution in [-0.2, 0) is 4.79 Å². The first kappa shape index (κ1) is 14.0. The van der Waals surface area contributed by atoms with E-state index in [-0.39, 0.29) is 12.6 Å². The Morgan fingerprint density at radius 1 is 1.33 bits per heavy atom. The van der Waals surface area contributed by atoms with Crippen molar-refractivity contribution in [1.82, 2.24) is 4.90 Å². The van der Waals surface area contributed by atoms with Crippen LogP contribution in [0.3, 0.4) is 0 Å². The molecule has 5 nitrogen and oxygen atoms in total. The van der Waals surface area contributed by atoms with Gasteiger partial charge in [0.05, 0.1) is 0 Å². The highest BCUT2D eigenvalue weighted by Gasteiger charge is 2.19. The lowest BCUT2D eigenvalue weighted by Gasteiger charge is -2.26. The van der Waals surface area contributed by atoms with Crippen molar-refractivity contribution < 1.29 is 14.7 Å². The summed E-state index contributed by atoms with van der Waals surface area (Å²) in [4.78, 5) is 25.5. The number of benzene rings is 1. The predicted octanol–water partition coefficient (Wildman–Crippen LogP) is 1.96. The van der Waals surface area contributed by atoms with Gasteiger partial charge < -0.3 is 10.0 Å². The zero-order chi connectivity index (χ0) is 13.7. The zero-order valence-corrected chi connectivity index (χ0v) is 10.9. The van der Waals surface area contributed by atoms with E-state index < -0.39 is 5.97 Å². The number of hydrogen-bond donors (Lipinski definition) is 1. The number of hydrogen-bond acceptors (Lipinski definition) is 2. The van der Waals surface area contributed by atoms with Gasteiger partial charge in [-0.2, -0.15) is 0 Å². The Bertz CT molecular complexity index is 446. The molecule has 0 saturated heterocycles. The summed E-state index contributed by atoms with van der Waals surface area (Å²) in [6.45, 7) is 3.99. The average Bonchev–Trinajstić information content (AvgIpc) is 2.29. The minimum absolute atomic E-state index is 0.304. The first-order chi connectivity index (χ1) is 8.45. The molecule has 0 aliphatic rings. The predicted molar refractivity (Wildman–Crippen MR) is 69.9 cm³/mol. The molecule has 1 N–H and O–H groups in total. The van der Waals surface area contributed by atoms with Crippen LogP contribution < -0.4 is 4.90 Å². The maximum absolute atomic E-state index is 12.1. The number of likely N-dealkylation sites (N-methyl/N-ethyl adjacent to an activating group) is 1. The normalized spacial score (nSPS) is 9.94. The molecule has 0 saturated carbocycles. The first-order valence-electron chi connectivity index (χ1n) is 5.76. The van der Waals surface area contributed by atoms with Crippen molar-refractivity contribution in [3.8, 4) is 0 Å². The molecule has 0 aromatic heterocycles. The van der Waals surface area contributed by atoms with Crippen LogP contribution in [0.15, 0.2) is 24.3 Å². The van der Waals surface area contributed by atoms with Crippen molar-refractivity contribution >= 4 is 17.7 Å². The van der Waals surface area contributed by atoms with Crippen LogP contribution >= 0.6 is 0 Å². The van der Waals surface area contributed by atoms with E-state index in [9.17, 15) is 9.59 Å². The highest BCUT2D eigenvalue weighted by Crippen LogP contribution is 2.17. The van der Waals surface area contributed by atoms with Gasteiger partial charge in [-0.3, -0.25) is 9.69 Å². The van der Waals surface area contributed by atoms with Crippen molar-refractivity contribution in [3.63, 3.8) is 0 Å². The quantitative estimate of drug-likeness (QED) is 0.888. The van der Waals surface area contributed by atoms with Crippen LogP contribution in [0, 0.1) is 6.92 Å². The van der Waals surface area contributed by atoms with E-state index in [0.717, 1.165) is 11.3 Å². The number of nitrogens with zero attached hydrogens (tertiary/aromatic N) is 2. The Kier molecular flexibility index (Phi) is 4.71. The highest BCUT2D eigenvalue weighted by atomic mass is 16.4. The monoisotopic (exact) mass is 250 g/mol. The summed E-state index contributed by atoms with van der Waals surface area (Å²) >= 11 is 0. The van der Waals surface area contributed by atoms with E-state index in [1.54, 1.807) is 4.90 Å². The molecule has 0 aliphatic carbocycles. The van der Waals surface area contributed by atoms with E-state index in [0.29, 0.717) is 6.54 Å². The molecular formula is C13H18N2O3. The summed E-state index contributed by atoms with van der Waals surface area (Å²) in [5, 5.41) is 8.69. The molecule has 0 fully saturated rings. The van der Waals surface area contributed by atoms with Crippen LogP contribution in [0.1, 0.15) is 12.5 Å². The van der Waals surface area contributed by atoms with Gasteiger partial charge in [-0.25, -0.2) is 4.79 Å². The largest absolute Gasteiger partial charge is 0.480 e. The molecule has 1 aromatic rings. The van der Waals surface area contributed by atoms with Crippen LogP contribution in [0.4, 0.5) is 10.5 Å². The van der Waals surface area contributed by atoms with Gasteiger partial charge in [0.2, 0.25) is 0 Å². The molecule has 0 aliphatic heterocycles. The fraction of sp³-hybridized carbons (Fsp3) is 0.385. The fourth-order valence-electron chi connectivity index (χ4n) is 1.70. The first-order valence-corrected chi connectivity index (χ1v) is 5.76. The number of carbonyl (C=O) groups is 2. The molecule has 1 aromatic carbocycles. The van der Waals surface area contributed by atoms with Gasteiger partial charge in [-0.1, -0.05) is 12.1 Å². The van der Waals surface area contributed by atoms with Crippen LogP contribution in [0.25, 0.3) is 0 Å². The molecule has 0 radical (unpaired) electrons. The second kappa shape index (κ2) is 6.05. The second-order valence-electron chi connectivity index (χ2n) is 4.12. The van der Waals surface area contributed by atoms with Crippen LogP contribution in [0.2, 0.25) is 0 Å². The summed E-state index contributed by atoms with van der Waals surface area (Å²) in [6, 6.07) is 7.24. The molecule has 98 valence electrons. The molecule has 5 heteroatoms. The molecule has 0 atom stereocenters. The van der Waals surface area contributed by atoms with Gasteiger partial charge in [0.1, 0.15) is 6.54 Å². The van der Waals surface area contributed by atoms with E-state index in [2.05, 4.69) is 0 Å². The number of amides is 2. The molecule has 2 amide bonds. The number of urea groups is 1. The van der Waals surface area contributed by atoms with Gasteiger partial charge >= 0.3 is 12.0 Å². The summed E-state index contributed by atoms with van der Waals surface area (Å²) in [7, 11) is 1.48. The van der Waals surface area contributed by atoms with E-state index >= 15 is 0 Å². The lowest BCUT2D eigenvalue weighted by atomic mass is 10.2. The molecular weight excluding hydrogens is 232 g/mol. The Morgan fingerprint density at radius 3 is 2.50 bits per heavy atom. The number of carboxylic acid groups (broad SMARTS) is 1. The van der Waals surface area contributed by atoms with Crippen molar-refractivity contribution in [1.29, 1.82) is 0 Å². The van der Waals surface area contributed by atoms with Crippen molar-refractivity contribution in [2.75, 3.05) is 25.0 Å². The molecule has 0 unspecified atom stereocenters. The Balaban J connectivity index is 2.89. The SMILES string of the molecule is CCN(C(=O)N(C)CC(=O)O)c1cccc(C)c1. The number of aliphatic carboxylic acids is 1. The number of anilines is 1. The van der Waals surface area contributed by atoms with Gasteiger partial charge in [0.25, 0.3) is 0 Å². The molecule has 0 spiro atoms. The average molecular weight is 250 g/mol.